The Morgan fingerprint density at radius 3 is 2.62 bits per heavy atom. The molecule has 0 bridgehead atoms. The summed E-state index contributed by atoms with van der Waals surface area (Å²) >= 11 is 0. The van der Waals surface area contributed by atoms with Gasteiger partial charge in [0.2, 0.25) is 10.0 Å². The van der Waals surface area contributed by atoms with E-state index in [2.05, 4.69) is 4.98 Å². The third-order valence-corrected chi connectivity index (χ3v) is 6.40. The number of nitrogens with zero attached hydrogens (tertiary/aromatic N) is 3. The highest BCUT2D eigenvalue weighted by molar-refractivity contribution is 7.88. The van der Waals surface area contributed by atoms with Gasteiger partial charge >= 0.3 is 5.97 Å². The van der Waals surface area contributed by atoms with E-state index in [-0.39, 0.29) is 24.8 Å². The Balaban J connectivity index is 1.98. The van der Waals surface area contributed by atoms with Gasteiger partial charge in [-0.2, -0.15) is 4.31 Å². The van der Waals surface area contributed by atoms with Crippen LogP contribution in [-0.2, 0) is 38.3 Å². The molecule has 1 aromatic heterocycles. The van der Waals surface area contributed by atoms with Gasteiger partial charge < -0.3 is 9.30 Å². The molecule has 1 atom stereocenters. The molecular weight excluding hydrogens is 354 g/mol. The van der Waals surface area contributed by atoms with Crippen LogP contribution in [0.25, 0.3) is 0 Å². The molecule has 7 nitrogen and oxygen atoms in total. The van der Waals surface area contributed by atoms with Crippen LogP contribution in [0.3, 0.4) is 0 Å². The largest absolute Gasteiger partial charge is 0.468 e. The molecule has 0 saturated carbocycles. The van der Waals surface area contributed by atoms with Gasteiger partial charge in [0.05, 0.1) is 37.1 Å². The second kappa shape index (κ2) is 7.20. The summed E-state index contributed by atoms with van der Waals surface area (Å²) in [6.07, 6.45) is 1.92. The molecule has 8 heteroatoms. The van der Waals surface area contributed by atoms with E-state index in [1.165, 1.54) is 11.4 Å². The highest BCUT2D eigenvalue weighted by Crippen LogP contribution is 2.29. The lowest BCUT2D eigenvalue weighted by Crippen LogP contribution is -2.49. The van der Waals surface area contributed by atoms with Crippen LogP contribution in [0.1, 0.15) is 36.8 Å². The first kappa shape index (κ1) is 18.6. The van der Waals surface area contributed by atoms with Crippen LogP contribution in [-0.4, -0.2) is 41.4 Å². The van der Waals surface area contributed by atoms with Gasteiger partial charge in [0, 0.05) is 12.5 Å². The predicted octanol–water partition coefficient (Wildman–Crippen LogP) is 1.89. The van der Waals surface area contributed by atoms with Crippen molar-refractivity contribution >= 4 is 16.0 Å². The summed E-state index contributed by atoms with van der Waals surface area (Å²) in [5.41, 5.74) is 2.26. The number of hydrogen-bond acceptors (Lipinski definition) is 5. The van der Waals surface area contributed by atoms with Crippen LogP contribution in [0, 0.1) is 0 Å². The van der Waals surface area contributed by atoms with Crippen molar-refractivity contribution in [3.05, 3.63) is 53.6 Å². The molecule has 1 aliphatic heterocycles. The summed E-state index contributed by atoms with van der Waals surface area (Å²) in [5.74, 6) is -0.724. The minimum Gasteiger partial charge on any atom is -0.468 e. The monoisotopic (exact) mass is 377 g/mol. The maximum absolute atomic E-state index is 13.1. The van der Waals surface area contributed by atoms with E-state index in [1.807, 2.05) is 24.5 Å². The molecule has 0 aliphatic carbocycles. The van der Waals surface area contributed by atoms with E-state index in [4.69, 9.17) is 4.74 Å². The number of imidazole rings is 1. The first-order valence-corrected chi connectivity index (χ1v) is 10.1. The standard InChI is InChI=1S/C18H23N3O4S/c1-13(2)20-12-19-15-9-16(18(22)25-3)21(10-17(15)20)26(23,24)11-14-7-5-4-6-8-14/h4-8,12-13,16H,9-11H2,1-3H3/t16-/m0/s1. The van der Waals surface area contributed by atoms with Gasteiger partial charge in [-0.1, -0.05) is 30.3 Å². The molecule has 0 radical (unpaired) electrons. The summed E-state index contributed by atoms with van der Waals surface area (Å²) < 4.78 is 34.2. The molecule has 0 amide bonds. The number of sulfonamides is 1. The number of aromatic nitrogens is 2. The summed E-state index contributed by atoms with van der Waals surface area (Å²) in [5, 5.41) is 0. The van der Waals surface area contributed by atoms with E-state index in [0.717, 1.165) is 11.4 Å². The van der Waals surface area contributed by atoms with E-state index in [0.29, 0.717) is 5.56 Å². The SMILES string of the molecule is COC(=O)[C@@H]1Cc2ncn(C(C)C)c2CN1S(=O)(=O)Cc1ccccc1. The molecule has 1 aliphatic rings. The first-order chi connectivity index (χ1) is 12.3. The molecular formula is C18H23N3O4S. The highest BCUT2D eigenvalue weighted by atomic mass is 32.2. The van der Waals surface area contributed by atoms with Crippen molar-refractivity contribution in [2.45, 2.75) is 44.6 Å². The Hall–Kier alpha value is -2.19. The second-order valence-electron chi connectivity index (χ2n) is 6.67. The van der Waals surface area contributed by atoms with Crippen molar-refractivity contribution in [3.8, 4) is 0 Å². The number of ether oxygens (including phenoxy) is 1. The summed E-state index contributed by atoms with van der Waals surface area (Å²) in [4.78, 5) is 16.6. The Bertz CT molecular complexity index is 890. The lowest BCUT2D eigenvalue weighted by molar-refractivity contribution is -0.145. The number of methoxy groups -OCH3 is 1. The molecule has 1 aromatic carbocycles. The van der Waals surface area contributed by atoms with Crippen molar-refractivity contribution in [3.63, 3.8) is 0 Å². The van der Waals surface area contributed by atoms with Crippen molar-refractivity contribution in [1.82, 2.24) is 13.9 Å². The molecule has 0 unspecified atom stereocenters. The van der Waals surface area contributed by atoms with Gasteiger partial charge in [-0.25, -0.2) is 13.4 Å². The van der Waals surface area contributed by atoms with Gasteiger partial charge in [-0.3, -0.25) is 4.79 Å². The number of fused-ring (bicyclic) bond motifs is 1. The zero-order chi connectivity index (χ0) is 18.9. The maximum Gasteiger partial charge on any atom is 0.324 e. The van der Waals surface area contributed by atoms with Crippen molar-refractivity contribution < 1.29 is 17.9 Å². The highest BCUT2D eigenvalue weighted by Gasteiger charge is 2.41. The minimum absolute atomic E-state index is 0.114. The number of rotatable bonds is 5. The van der Waals surface area contributed by atoms with Gasteiger partial charge in [0.1, 0.15) is 6.04 Å². The minimum atomic E-state index is -3.71. The molecule has 2 aromatic rings. The van der Waals surface area contributed by atoms with Crippen LogP contribution in [0.4, 0.5) is 0 Å². The smallest absolute Gasteiger partial charge is 0.324 e. The molecule has 3 rings (SSSR count). The molecule has 0 spiro atoms. The third-order valence-electron chi connectivity index (χ3n) is 4.60. The van der Waals surface area contributed by atoms with Gasteiger partial charge in [-0.15, -0.1) is 0 Å². The second-order valence-corrected chi connectivity index (χ2v) is 8.59. The summed E-state index contributed by atoms with van der Waals surface area (Å²) in [6, 6.07) is 8.21. The van der Waals surface area contributed by atoms with Crippen molar-refractivity contribution in [2.75, 3.05) is 7.11 Å². The zero-order valence-electron chi connectivity index (χ0n) is 15.1. The summed E-state index contributed by atoms with van der Waals surface area (Å²) in [7, 11) is -2.44. The Morgan fingerprint density at radius 2 is 2.00 bits per heavy atom. The normalized spacial score (nSPS) is 17.9. The van der Waals surface area contributed by atoms with E-state index in [9.17, 15) is 13.2 Å². The fourth-order valence-electron chi connectivity index (χ4n) is 3.25. The number of carbonyl (C=O) groups is 1. The van der Waals surface area contributed by atoms with Crippen LogP contribution < -0.4 is 0 Å². The zero-order valence-corrected chi connectivity index (χ0v) is 15.9. The van der Waals surface area contributed by atoms with Crippen LogP contribution in [0.15, 0.2) is 36.7 Å². The Labute approximate surface area is 153 Å². The number of benzene rings is 1. The molecule has 0 fully saturated rings. The van der Waals surface area contributed by atoms with E-state index in [1.54, 1.807) is 30.6 Å². The van der Waals surface area contributed by atoms with Crippen LogP contribution in [0.2, 0.25) is 0 Å². The average Bonchev–Trinajstić information content (AvgIpc) is 3.03. The maximum atomic E-state index is 13.1. The Morgan fingerprint density at radius 1 is 1.31 bits per heavy atom. The molecule has 2 heterocycles. The average molecular weight is 377 g/mol. The van der Waals surface area contributed by atoms with Crippen LogP contribution >= 0.6 is 0 Å². The molecule has 26 heavy (non-hydrogen) atoms. The van der Waals surface area contributed by atoms with Gasteiger partial charge in [0.15, 0.2) is 0 Å². The fourth-order valence-corrected chi connectivity index (χ4v) is 4.90. The third kappa shape index (κ3) is 3.52. The van der Waals surface area contributed by atoms with Crippen molar-refractivity contribution in [2.24, 2.45) is 0 Å². The van der Waals surface area contributed by atoms with Crippen LogP contribution in [0.5, 0.6) is 0 Å². The Kier molecular flexibility index (Phi) is 5.15. The number of esters is 1. The lowest BCUT2D eigenvalue weighted by Gasteiger charge is -2.33. The molecule has 0 saturated heterocycles. The summed E-state index contributed by atoms with van der Waals surface area (Å²) in [6.45, 7) is 4.14. The quantitative estimate of drug-likeness (QED) is 0.744. The topological polar surface area (TPSA) is 81.5 Å². The van der Waals surface area contributed by atoms with Gasteiger partial charge in [-0.05, 0) is 19.4 Å². The molecule has 140 valence electrons. The number of carbonyl (C=O) groups excluding carboxylic acids is 1. The van der Waals surface area contributed by atoms with Crippen molar-refractivity contribution in [1.29, 1.82) is 0 Å². The fraction of sp³-hybridized carbons (Fsp3) is 0.444. The van der Waals surface area contributed by atoms with Gasteiger partial charge in [0.25, 0.3) is 0 Å². The lowest BCUT2D eigenvalue weighted by atomic mass is 10.1. The van der Waals surface area contributed by atoms with E-state index < -0.39 is 22.0 Å². The first-order valence-electron chi connectivity index (χ1n) is 8.49. The molecule has 0 N–H and O–H groups in total. The predicted molar refractivity (Wildman–Crippen MR) is 96.7 cm³/mol. The van der Waals surface area contributed by atoms with E-state index >= 15 is 0 Å². The number of hydrogen-bond donors (Lipinski definition) is 0.